The Bertz CT molecular complexity index is 944. The van der Waals surface area contributed by atoms with Crippen molar-refractivity contribution in [3.05, 3.63) is 26.9 Å². The van der Waals surface area contributed by atoms with Crippen molar-refractivity contribution in [3.8, 4) is 16.9 Å². The number of ether oxygens (including phenoxy) is 1. The van der Waals surface area contributed by atoms with Gasteiger partial charge in [-0.1, -0.05) is 104 Å². The minimum Gasteiger partial charge on any atom is -0.495 e. The quantitative estimate of drug-likeness (QED) is 0.127. The second-order valence-electron chi connectivity index (χ2n) is 7.52. The second kappa shape index (κ2) is 12.9. The average Bonchev–Trinajstić information content (AvgIpc) is 3.08. The van der Waals surface area contributed by atoms with Crippen LogP contribution in [-0.4, -0.2) is 20.1 Å². The van der Waals surface area contributed by atoms with Crippen LogP contribution in [0.2, 0.25) is 0 Å². The number of benzene rings is 1. The van der Waals surface area contributed by atoms with E-state index in [0.717, 1.165) is 22.2 Å². The molecule has 0 amide bonds. The van der Waals surface area contributed by atoms with Crippen LogP contribution in [0.4, 0.5) is 0 Å². The summed E-state index contributed by atoms with van der Waals surface area (Å²) in [4.78, 5) is 0.967. The molecule has 0 spiro atoms. The number of rotatable bonds is 14. The predicted molar refractivity (Wildman–Crippen MR) is 130 cm³/mol. The highest BCUT2D eigenvalue weighted by atomic mass is 32.9. The molecule has 30 heavy (non-hydrogen) atoms. The molecule has 0 saturated carbocycles. The molecule has 0 aliphatic heterocycles. The zero-order valence-corrected chi connectivity index (χ0v) is 21.1. The Kier molecular flexibility index (Phi) is 11.0. The van der Waals surface area contributed by atoms with Crippen LogP contribution in [0.15, 0.2) is 23.1 Å². The topological polar surface area (TPSA) is 63.6 Å². The fourth-order valence-electron chi connectivity index (χ4n) is 3.54. The summed E-state index contributed by atoms with van der Waals surface area (Å²) in [6.07, 6.45) is 13.9. The van der Waals surface area contributed by atoms with Crippen LogP contribution in [0, 0.1) is 3.82 Å². The van der Waals surface area contributed by atoms with Gasteiger partial charge in [-0.15, -0.1) is 0 Å². The SMILES string of the molecule is CCCCCCCCCCCCc1ssc(=S)c1-c1ccc(OC)c(S(=O)(=O)O)c1. The fourth-order valence-corrected chi connectivity index (χ4v) is 7.21. The molecule has 1 heterocycles. The van der Waals surface area contributed by atoms with Crippen LogP contribution in [0.25, 0.3) is 11.1 Å². The Balaban J connectivity index is 1.94. The lowest BCUT2D eigenvalue weighted by molar-refractivity contribution is 0.397. The monoisotopic (exact) mass is 488 g/mol. The molecule has 8 heteroatoms. The maximum atomic E-state index is 11.7. The number of aryl methyl sites for hydroxylation is 1. The van der Waals surface area contributed by atoms with Crippen molar-refractivity contribution in [3.63, 3.8) is 0 Å². The van der Waals surface area contributed by atoms with E-state index in [0.29, 0.717) is 5.56 Å². The van der Waals surface area contributed by atoms with Gasteiger partial charge in [-0.2, -0.15) is 8.42 Å². The molecule has 4 nitrogen and oxygen atoms in total. The van der Waals surface area contributed by atoms with Crippen LogP contribution < -0.4 is 4.74 Å². The van der Waals surface area contributed by atoms with Gasteiger partial charge >= 0.3 is 0 Å². The van der Waals surface area contributed by atoms with E-state index < -0.39 is 10.1 Å². The average molecular weight is 489 g/mol. The van der Waals surface area contributed by atoms with Crippen molar-refractivity contribution >= 4 is 43.0 Å². The molecule has 0 saturated heterocycles. The molecule has 1 aromatic carbocycles. The molecule has 1 N–H and O–H groups in total. The molecule has 0 radical (unpaired) electrons. The second-order valence-corrected chi connectivity index (χ2v) is 11.8. The Hall–Kier alpha value is -0.800. The van der Waals surface area contributed by atoms with Gasteiger partial charge in [-0.3, -0.25) is 4.55 Å². The molecule has 0 bridgehead atoms. The predicted octanol–water partition coefficient (Wildman–Crippen LogP) is 7.92. The summed E-state index contributed by atoms with van der Waals surface area (Å²) in [5, 5.41) is 0. The molecule has 0 unspecified atom stereocenters. The van der Waals surface area contributed by atoms with Crippen LogP contribution in [0.5, 0.6) is 5.75 Å². The van der Waals surface area contributed by atoms with E-state index in [1.807, 2.05) is 0 Å². The van der Waals surface area contributed by atoms with Gasteiger partial charge in [-0.05, 0) is 30.5 Å². The van der Waals surface area contributed by atoms with Crippen molar-refractivity contribution in [2.24, 2.45) is 0 Å². The lowest BCUT2D eigenvalue weighted by atomic mass is 10.0. The maximum absolute atomic E-state index is 11.7. The number of hydrogen-bond acceptors (Lipinski definition) is 6. The Morgan fingerprint density at radius 3 is 2.13 bits per heavy atom. The first-order chi connectivity index (χ1) is 14.4. The molecule has 2 aromatic rings. The van der Waals surface area contributed by atoms with Gasteiger partial charge in [0.1, 0.15) is 14.5 Å². The molecule has 0 atom stereocenters. The Morgan fingerprint density at radius 2 is 1.57 bits per heavy atom. The zero-order chi connectivity index (χ0) is 22.0. The third-order valence-electron chi connectivity index (χ3n) is 5.19. The van der Waals surface area contributed by atoms with Gasteiger partial charge in [0, 0.05) is 10.4 Å². The standard InChI is InChI=1S/C22H32O4S4/c1-3-4-5-6-7-8-9-10-11-12-13-19-21(22(27)29-28-19)17-14-15-18(26-2)20(16-17)30(23,24)25/h14-16H,3-13H2,1-2H3,(H,23,24,25). The van der Waals surface area contributed by atoms with Gasteiger partial charge in [0.05, 0.1) is 7.11 Å². The molecule has 0 fully saturated rings. The summed E-state index contributed by atoms with van der Waals surface area (Å²) >= 11 is 5.52. The minimum absolute atomic E-state index is 0.127. The van der Waals surface area contributed by atoms with E-state index in [4.69, 9.17) is 17.0 Å². The van der Waals surface area contributed by atoms with Crippen LogP contribution in [0.1, 0.15) is 76.0 Å². The van der Waals surface area contributed by atoms with Gasteiger partial charge < -0.3 is 4.74 Å². The summed E-state index contributed by atoms with van der Waals surface area (Å²) in [7, 11) is 0.218. The number of hydrogen-bond donors (Lipinski definition) is 1. The van der Waals surface area contributed by atoms with Crippen molar-refractivity contribution in [2.45, 2.75) is 82.4 Å². The summed E-state index contributed by atoms with van der Waals surface area (Å²) in [6.45, 7) is 2.25. The Morgan fingerprint density at radius 1 is 0.967 bits per heavy atom. The first kappa shape index (κ1) is 25.5. The first-order valence-corrected chi connectivity index (χ1v) is 14.7. The molecule has 2 rings (SSSR count). The highest BCUT2D eigenvalue weighted by Crippen LogP contribution is 2.38. The third kappa shape index (κ3) is 7.71. The van der Waals surface area contributed by atoms with Crippen molar-refractivity contribution < 1.29 is 17.7 Å². The van der Waals surface area contributed by atoms with Crippen molar-refractivity contribution in [1.82, 2.24) is 0 Å². The van der Waals surface area contributed by atoms with Crippen molar-refractivity contribution in [2.75, 3.05) is 7.11 Å². The first-order valence-electron chi connectivity index (χ1n) is 10.7. The van der Waals surface area contributed by atoms with Crippen LogP contribution >= 0.6 is 32.9 Å². The van der Waals surface area contributed by atoms with E-state index in [1.165, 1.54) is 75.8 Å². The van der Waals surface area contributed by atoms with E-state index in [1.54, 1.807) is 32.8 Å². The third-order valence-corrected chi connectivity index (χ3v) is 9.24. The highest BCUT2D eigenvalue weighted by molar-refractivity contribution is 7.86. The maximum Gasteiger partial charge on any atom is 0.298 e. The zero-order valence-electron chi connectivity index (χ0n) is 17.8. The van der Waals surface area contributed by atoms with E-state index >= 15 is 0 Å². The molecule has 0 aliphatic rings. The number of methoxy groups -OCH3 is 1. The van der Waals surface area contributed by atoms with Gasteiger partial charge in [0.25, 0.3) is 10.1 Å². The Labute approximate surface area is 193 Å². The smallest absolute Gasteiger partial charge is 0.298 e. The van der Waals surface area contributed by atoms with Crippen LogP contribution in [-0.2, 0) is 16.5 Å². The summed E-state index contributed by atoms with van der Waals surface area (Å²) in [5.74, 6) is 0.127. The van der Waals surface area contributed by atoms with E-state index in [-0.39, 0.29) is 10.6 Å². The lowest BCUT2D eigenvalue weighted by Gasteiger charge is -2.09. The largest absolute Gasteiger partial charge is 0.495 e. The molecular weight excluding hydrogens is 457 g/mol. The molecule has 168 valence electrons. The summed E-state index contributed by atoms with van der Waals surface area (Å²) in [5.41, 5.74) is 1.64. The van der Waals surface area contributed by atoms with Gasteiger partial charge in [0.15, 0.2) is 0 Å². The van der Waals surface area contributed by atoms with Gasteiger partial charge in [-0.25, -0.2) is 0 Å². The van der Waals surface area contributed by atoms with E-state index in [9.17, 15) is 13.0 Å². The molecule has 1 aromatic heterocycles. The van der Waals surface area contributed by atoms with Crippen LogP contribution in [0.3, 0.4) is 0 Å². The number of unbranched alkanes of at least 4 members (excludes halogenated alkanes) is 9. The summed E-state index contributed by atoms with van der Waals surface area (Å²) in [6, 6.07) is 4.83. The fraction of sp³-hybridized carbons (Fsp3) is 0.591. The minimum atomic E-state index is -4.37. The molecule has 0 aliphatic carbocycles. The normalized spacial score (nSPS) is 11.7. The molecular formula is C22H32O4S4. The summed E-state index contributed by atoms with van der Waals surface area (Å²) < 4.78 is 38.8. The van der Waals surface area contributed by atoms with Crippen molar-refractivity contribution in [1.29, 1.82) is 0 Å². The van der Waals surface area contributed by atoms with Gasteiger partial charge in [0.2, 0.25) is 0 Å². The highest BCUT2D eigenvalue weighted by Gasteiger charge is 2.19. The lowest BCUT2D eigenvalue weighted by Crippen LogP contribution is -2.02. The van der Waals surface area contributed by atoms with E-state index in [2.05, 4.69) is 6.92 Å².